The van der Waals surface area contributed by atoms with Gasteiger partial charge in [-0.3, -0.25) is 4.79 Å². The molecule has 1 amide bonds. The molecule has 0 bridgehead atoms. The van der Waals surface area contributed by atoms with E-state index in [1.165, 1.54) is 19.2 Å². The molecule has 0 saturated carbocycles. The first-order valence-electron chi connectivity index (χ1n) is 6.85. The highest BCUT2D eigenvalue weighted by atomic mass is 35.5. The van der Waals surface area contributed by atoms with Crippen LogP contribution in [0.25, 0.3) is 10.9 Å². The zero-order valence-corrected chi connectivity index (χ0v) is 13.0. The topological polar surface area (TPSA) is 71.2 Å². The van der Waals surface area contributed by atoms with E-state index >= 15 is 0 Å². The molecule has 2 N–H and O–H groups in total. The number of halogens is 1. The Balaban J connectivity index is 1.94. The largest absolute Gasteiger partial charge is 0.465 e. The molecular weight excluding hydrogens is 316 g/mol. The third-order valence-electron chi connectivity index (χ3n) is 3.47. The second kappa shape index (κ2) is 6.14. The minimum Gasteiger partial charge on any atom is -0.465 e. The van der Waals surface area contributed by atoms with Crippen LogP contribution in [0, 0.1) is 0 Å². The second-order valence-corrected chi connectivity index (χ2v) is 5.30. The third-order valence-corrected chi connectivity index (χ3v) is 3.80. The van der Waals surface area contributed by atoms with Gasteiger partial charge in [-0.05, 0) is 30.3 Å². The van der Waals surface area contributed by atoms with Gasteiger partial charge in [0, 0.05) is 11.6 Å². The number of H-pyrrole nitrogens is 1. The number of rotatable bonds is 3. The second-order valence-electron chi connectivity index (χ2n) is 4.89. The van der Waals surface area contributed by atoms with Crippen LogP contribution in [0.15, 0.2) is 48.7 Å². The number of fused-ring (bicyclic) bond motifs is 1. The number of nitrogens with one attached hydrogen (secondary N) is 2. The molecular formula is C17H13ClN2O3. The molecule has 6 heteroatoms. The number of hydrogen-bond donors (Lipinski definition) is 2. The highest BCUT2D eigenvalue weighted by molar-refractivity contribution is 6.34. The van der Waals surface area contributed by atoms with Crippen molar-refractivity contribution in [2.75, 3.05) is 12.4 Å². The Morgan fingerprint density at radius 3 is 2.78 bits per heavy atom. The quantitative estimate of drug-likeness (QED) is 0.717. The summed E-state index contributed by atoms with van der Waals surface area (Å²) in [5.74, 6) is -0.814. The van der Waals surface area contributed by atoms with Crippen LogP contribution in [0.3, 0.4) is 0 Å². The van der Waals surface area contributed by atoms with E-state index in [1.54, 1.807) is 24.4 Å². The molecule has 1 heterocycles. The molecule has 0 radical (unpaired) electrons. The number of aromatic amines is 1. The molecule has 0 aliphatic heterocycles. The van der Waals surface area contributed by atoms with Crippen molar-refractivity contribution in [2.45, 2.75) is 0 Å². The van der Waals surface area contributed by atoms with E-state index in [-0.39, 0.29) is 5.91 Å². The predicted molar refractivity (Wildman–Crippen MR) is 89.0 cm³/mol. The maximum Gasteiger partial charge on any atom is 0.337 e. The SMILES string of the molecule is COC(=O)c1ccc(Cl)c(NC(=O)c2cccc3cc[nH]c23)c1. The Labute approximate surface area is 137 Å². The maximum atomic E-state index is 12.5. The van der Waals surface area contributed by atoms with Gasteiger partial charge in [0.25, 0.3) is 5.91 Å². The fourth-order valence-corrected chi connectivity index (χ4v) is 2.49. The smallest absolute Gasteiger partial charge is 0.337 e. The first-order valence-corrected chi connectivity index (χ1v) is 7.23. The number of ether oxygens (including phenoxy) is 1. The van der Waals surface area contributed by atoms with E-state index in [1.807, 2.05) is 12.1 Å². The Bertz CT molecular complexity index is 902. The fraction of sp³-hybridized carbons (Fsp3) is 0.0588. The summed E-state index contributed by atoms with van der Waals surface area (Å²) in [6.45, 7) is 0. The van der Waals surface area contributed by atoms with Crippen LogP contribution in [-0.4, -0.2) is 24.0 Å². The summed E-state index contributed by atoms with van der Waals surface area (Å²) < 4.78 is 4.67. The van der Waals surface area contributed by atoms with Gasteiger partial charge in [0.15, 0.2) is 0 Å². The third kappa shape index (κ3) is 2.91. The number of anilines is 1. The maximum absolute atomic E-state index is 12.5. The van der Waals surface area contributed by atoms with Gasteiger partial charge < -0.3 is 15.0 Å². The number of amides is 1. The number of benzene rings is 2. The molecule has 0 spiro atoms. The van der Waals surface area contributed by atoms with Crippen molar-refractivity contribution in [3.8, 4) is 0 Å². The molecule has 116 valence electrons. The number of para-hydroxylation sites is 1. The van der Waals surface area contributed by atoms with Crippen LogP contribution >= 0.6 is 11.6 Å². The van der Waals surface area contributed by atoms with E-state index in [0.29, 0.717) is 21.8 Å². The first kappa shape index (κ1) is 15.1. The van der Waals surface area contributed by atoms with Crippen molar-refractivity contribution in [3.63, 3.8) is 0 Å². The molecule has 0 atom stereocenters. The lowest BCUT2D eigenvalue weighted by molar-refractivity contribution is 0.0600. The Morgan fingerprint density at radius 2 is 2.00 bits per heavy atom. The summed E-state index contributed by atoms with van der Waals surface area (Å²) in [5.41, 5.74) is 1.89. The molecule has 0 fully saturated rings. The molecule has 0 unspecified atom stereocenters. The zero-order valence-electron chi connectivity index (χ0n) is 12.2. The Hall–Kier alpha value is -2.79. The van der Waals surface area contributed by atoms with Crippen LogP contribution in [0.5, 0.6) is 0 Å². The van der Waals surface area contributed by atoms with Gasteiger partial charge in [0.05, 0.1) is 34.5 Å². The van der Waals surface area contributed by atoms with Crippen LogP contribution < -0.4 is 5.32 Å². The van der Waals surface area contributed by atoms with Crippen molar-refractivity contribution < 1.29 is 14.3 Å². The minimum atomic E-state index is -0.497. The van der Waals surface area contributed by atoms with Gasteiger partial charge in [-0.25, -0.2) is 4.79 Å². The average Bonchev–Trinajstić information content (AvgIpc) is 3.04. The van der Waals surface area contributed by atoms with Crippen molar-refractivity contribution in [1.82, 2.24) is 4.98 Å². The number of aromatic nitrogens is 1. The van der Waals surface area contributed by atoms with Gasteiger partial charge in [-0.15, -0.1) is 0 Å². The summed E-state index contributed by atoms with van der Waals surface area (Å²) in [6.07, 6.45) is 1.77. The van der Waals surface area contributed by atoms with Gasteiger partial charge in [-0.2, -0.15) is 0 Å². The molecule has 5 nitrogen and oxygen atoms in total. The Morgan fingerprint density at radius 1 is 1.17 bits per heavy atom. The van der Waals surface area contributed by atoms with Crippen LogP contribution in [0.1, 0.15) is 20.7 Å². The average molecular weight is 329 g/mol. The molecule has 3 rings (SSSR count). The molecule has 3 aromatic rings. The van der Waals surface area contributed by atoms with Gasteiger partial charge in [0.2, 0.25) is 0 Å². The van der Waals surface area contributed by atoms with E-state index in [0.717, 1.165) is 10.9 Å². The predicted octanol–water partition coefficient (Wildman–Crippen LogP) is 3.86. The number of esters is 1. The lowest BCUT2D eigenvalue weighted by atomic mass is 10.1. The molecule has 2 aromatic carbocycles. The first-order chi connectivity index (χ1) is 11.1. The van der Waals surface area contributed by atoms with Gasteiger partial charge in [0.1, 0.15) is 0 Å². The number of hydrogen-bond acceptors (Lipinski definition) is 3. The summed E-state index contributed by atoms with van der Waals surface area (Å²) in [4.78, 5) is 27.2. The highest BCUT2D eigenvalue weighted by Crippen LogP contribution is 2.25. The minimum absolute atomic E-state index is 0.310. The Kier molecular flexibility index (Phi) is 4.04. The van der Waals surface area contributed by atoms with Crippen molar-refractivity contribution >= 4 is 40.1 Å². The summed E-state index contributed by atoms with van der Waals surface area (Å²) in [7, 11) is 1.29. The van der Waals surface area contributed by atoms with Crippen molar-refractivity contribution in [2.24, 2.45) is 0 Å². The van der Waals surface area contributed by atoms with Crippen molar-refractivity contribution in [3.05, 3.63) is 64.8 Å². The zero-order chi connectivity index (χ0) is 16.4. The van der Waals surface area contributed by atoms with Gasteiger partial charge in [-0.1, -0.05) is 23.7 Å². The number of methoxy groups -OCH3 is 1. The lowest BCUT2D eigenvalue weighted by Crippen LogP contribution is -2.13. The summed E-state index contributed by atoms with van der Waals surface area (Å²) >= 11 is 6.10. The van der Waals surface area contributed by atoms with E-state index in [9.17, 15) is 9.59 Å². The van der Waals surface area contributed by atoms with E-state index < -0.39 is 5.97 Å². The number of carbonyl (C=O) groups is 2. The molecule has 0 aliphatic carbocycles. The normalized spacial score (nSPS) is 10.5. The fourth-order valence-electron chi connectivity index (χ4n) is 2.33. The molecule has 23 heavy (non-hydrogen) atoms. The van der Waals surface area contributed by atoms with E-state index in [2.05, 4.69) is 15.0 Å². The van der Waals surface area contributed by atoms with Crippen molar-refractivity contribution in [1.29, 1.82) is 0 Å². The molecule has 0 aliphatic rings. The lowest BCUT2D eigenvalue weighted by Gasteiger charge is -2.09. The highest BCUT2D eigenvalue weighted by Gasteiger charge is 2.14. The molecule has 0 saturated heterocycles. The van der Waals surface area contributed by atoms with Crippen LogP contribution in [-0.2, 0) is 4.74 Å². The van der Waals surface area contributed by atoms with E-state index in [4.69, 9.17) is 11.6 Å². The van der Waals surface area contributed by atoms with Gasteiger partial charge >= 0.3 is 5.97 Å². The standard InChI is InChI=1S/C17H13ClN2O3/c1-23-17(22)11-5-6-13(18)14(9-11)20-16(21)12-4-2-3-10-7-8-19-15(10)12/h2-9,19H,1H3,(H,20,21). The summed E-state index contributed by atoms with van der Waals surface area (Å²) in [5, 5.41) is 4.00. The van der Waals surface area contributed by atoms with Crippen LogP contribution in [0.4, 0.5) is 5.69 Å². The summed E-state index contributed by atoms with van der Waals surface area (Å²) in [6, 6.07) is 11.9. The molecule has 1 aromatic heterocycles. The monoisotopic (exact) mass is 328 g/mol. The van der Waals surface area contributed by atoms with Crippen LogP contribution in [0.2, 0.25) is 5.02 Å². The number of carbonyl (C=O) groups excluding carboxylic acids is 2.